The highest BCUT2D eigenvalue weighted by molar-refractivity contribution is 6.62. The summed E-state index contributed by atoms with van der Waals surface area (Å²) in [6.07, 6.45) is 0. The van der Waals surface area contributed by atoms with Crippen molar-refractivity contribution in [3.8, 4) is 5.75 Å². The molecule has 1 aliphatic heterocycles. The number of hydrogen-bond donors (Lipinski definition) is 2. The molecule has 0 radical (unpaired) electrons. The molecule has 1 aromatic rings. The van der Waals surface area contributed by atoms with E-state index in [0.717, 1.165) is 5.12 Å². The minimum atomic E-state index is -0.724. The van der Waals surface area contributed by atoms with Crippen LogP contribution >= 0.6 is 0 Å². The van der Waals surface area contributed by atoms with Gasteiger partial charge in [-0.3, -0.25) is 0 Å². The van der Waals surface area contributed by atoms with Gasteiger partial charge in [-0.1, -0.05) is 0 Å². The van der Waals surface area contributed by atoms with E-state index in [9.17, 15) is 4.39 Å². The Morgan fingerprint density at radius 2 is 1.79 bits per heavy atom. The van der Waals surface area contributed by atoms with Gasteiger partial charge in [0.1, 0.15) is 0 Å². The van der Waals surface area contributed by atoms with Gasteiger partial charge < -0.3 is 19.8 Å². The summed E-state index contributed by atoms with van der Waals surface area (Å²) in [5, 5.41) is 4.94. The van der Waals surface area contributed by atoms with Gasteiger partial charge in [-0.05, 0) is 45.3 Å². The van der Waals surface area contributed by atoms with Crippen LogP contribution in [-0.2, 0) is 9.31 Å². The molecule has 0 spiro atoms. The maximum atomic E-state index is 14.5. The third-order valence-corrected chi connectivity index (χ3v) is 4.34. The largest absolute Gasteiger partial charge is 0.494 e. The molecule has 2 rings (SSSR count). The number of nitrogens with two attached hydrogens (primary N) is 2. The number of ether oxygens (including phenoxy) is 1. The first-order valence-electron chi connectivity index (χ1n) is 7.54. The first-order chi connectivity index (χ1) is 11.0. The molecular formula is C15H24BFN4O3. The fourth-order valence-electron chi connectivity index (χ4n) is 2.35. The lowest BCUT2D eigenvalue weighted by molar-refractivity contribution is 0.00578. The highest BCUT2D eigenvalue weighted by atomic mass is 19.1. The van der Waals surface area contributed by atoms with Gasteiger partial charge in [0.25, 0.3) is 0 Å². The van der Waals surface area contributed by atoms with Gasteiger partial charge in [-0.25, -0.2) is 15.4 Å². The van der Waals surface area contributed by atoms with Crippen molar-refractivity contribution in [1.82, 2.24) is 5.12 Å². The molecule has 1 aliphatic rings. The van der Waals surface area contributed by atoms with E-state index in [1.54, 1.807) is 6.07 Å². The van der Waals surface area contributed by atoms with Crippen LogP contribution < -0.4 is 21.8 Å². The zero-order valence-corrected chi connectivity index (χ0v) is 14.9. The van der Waals surface area contributed by atoms with E-state index in [-0.39, 0.29) is 17.1 Å². The van der Waals surface area contributed by atoms with E-state index in [2.05, 4.69) is 5.10 Å². The molecule has 1 saturated heterocycles. The molecule has 1 fully saturated rings. The van der Waals surface area contributed by atoms with Gasteiger partial charge in [-0.15, -0.1) is 5.10 Å². The van der Waals surface area contributed by atoms with Crippen LogP contribution in [0, 0.1) is 5.82 Å². The highest BCUT2D eigenvalue weighted by Crippen LogP contribution is 2.37. The van der Waals surface area contributed by atoms with Gasteiger partial charge in [0.05, 0.1) is 23.9 Å². The Kier molecular flexibility index (Phi) is 4.80. The second kappa shape index (κ2) is 6.23. The van der Waals surface area contributed by atoms with Crippen molar-refractivity contribution in [1.29, 1.82) is 0 Å². The second-order valence-corrected chi connectivity index (χ2v) is 6.73. The molecule has 0 amide bonds. The summed E-state index contributed by atoms with van der Waals surface area (Å²) in [6.45, 7) is 7.69. The predicted octanol–water partition coefficient (Wildman–Crippen LogP) is 0.559. The molecule has 132 valence electrons. The number of rotatable bonds is 4. The molecular weight excluding hydrogens is 314 g/mol. The number of hydrazine groups is 1. The summed E-state index contributed by atoms with van der Waals surface area (Å²) in [5.41, 5.74) is 5.61. The average molecular weight is 338 g/mol. The van der Waals surface area contributed by atoms with Crippen LogP contribution in [0.5, 0.6) is 5.75 Å². The van der Waals surface area contributed by atoms with Crippen molar-refractivity contribution in [3.63, 3.8) is 0 Å². The van der Waals surface area contributed by atoms with Crippen molar-refractivity contribution in [3.05, 3.63) is 23.5 Å². The number of amidine groups is 1. The van der Waals surface area contributed by atoms with Crippen molar-refractivity contribution >= 4 is 18.4 Å². The van der Waals surface area contributed by atoms with Gasteiger partial charge >= 0.3 is 7.12 Å². The van der Waals surface area contributed by atoms with Crippen LogP contribution in [0.2, 0.25) is 0 Å². The quantitative estimate of drug-likeness (QED) is 0.274. The number of methoxy groups -OCH3 is 1. The van der Waals surface area contributed by atoms with Crippen LogP contribution in [0.1, 0.15) is 33.3 Å². The molecule has 1 heterocycles. The molecule has 0 aromatic heterocycles. The van der Waals surface area contributed by atoms with Crippen molar-refractivity contribution < 1.29 is 18.4 Å². The first-order valence-corrected chi connectivity index (χ1v) is 7.54. The standard InChI is InChI=1S/C15H24BFN4O3/c1-14(2)15(3,4)24-16(23-14)9-7-10(13(18)20-21(5)19)12(22-6)11(17)8-9/h7-8H,19H2,1-6H3,(H2,18,20). The third kappa shape index (κ3) is 3.33. The normalized spacial score (nSPS) is 19.5. The SMILES string of the molecule is COc1c(F)cc(B2OC(C)(C)C(C)(C)O2)cc1/C(N)=N/N(C)N. The summed E-state index contributed by atoms with van der Waals surface area (Å²) >= 11 is 0. The lowest BCUT2D eigenvalue weighted by Crippen LogP contribution is -2.41. The Hall–Kier alpha value is -1.84. The molecule has 4 N–H and O–H groups in total. The van der Waals surface area contributed by atoms with Gasteiger partial charge in [0, 0.05) is 7.05 Å². The molecule has 0 atom stereocenters. The average Bonchev–Trinajstić information content (AvgIpc) is 2.65. The van der Waals surface area contributed by atoms with Crippen molar-refractivity contribution in [2.24, 2.45) is 16.7 Å². The Morgan fingerprint density at radius 1 is 1.25 bits per heavy atom. The highest BCUT2D eigenvalue weighted by Gasteiger charge is 2.52. The van der Waals surface area contributed by atoms with Gasteiger partial charge in [-0.2, -0.15) is 0 Å². The van der Waals surface area contributed by atoms with Crippen LogP contribution in [0.25, 0.3) is 0 Å². The van der Waals surface area contributed by atoms with Crippen LogP contribution in [0.4, 0.5) is 4.39 Å². The number of nitrogens with zero attached hydrogens (tertiary/aromatic N) is 2. The lowest BCUT2D eigenvalue weighted by atomic mass is 9.78. The van der Waals surface area contributed by atoms with Gasteiger partial charge in [0.2, 0.25) is 0 Å². The van der Waals surface area contributed by atoms with Crippen LogP contribution in [0.15, 0.2) is 17.2 Å². The van der Waals surface area contributed by atoms with E-state index in [0.29, 0.717) is 5.46 Å². The minimum Gasteiger partial charge on any atom is -0.493 e. The van der Waals surface area contributed by atoms with E-state index in [4.69, 9.17) is 25.6 Å². The maximum absolute atomic E-state index is 14.5. The Morgan fingerprint density at radius 3 is 2.25 bits per heavy atom. The predicted molar refractivity (Wildman–Crippen MR) is 91.3 cm³/mol. The summed E-state index contributed by atoms with van der Waals surface area (Å²) in [7, 11) is 2.14. The number of halogens is 1. The fourth-order valence-corrected chi connectivity index (χ4v) is 2.35. The summed E-state index contributed by atoms with van der Waals surface area (Å²) < 4.78 is 31.5. The molecule has 0 bridgehead atoms. The van der Waals surface area contributed by atoms with E-state index in [1.807, 2.05) is 27.7 Å². The molecule has 0 unspecified atom stereocenters. The van der Waals surface area contributed by atoms with E-state index >= 15 is 0 Å². The molecule has 0 saturated carbocycles. The molecule has 1 aromatic carbocycles. The lowest BCUT2D eigenvalue weighted by Gasteiger charge is -2.32. The number of hydrazone groups is 1. The summed E-state index contributed by atoms with van der Waals surface area (Å²) in [4.78, 5) is 0. The van der Waals surface area contributed by atoms with Gasteiger partial charge in [0.15, 0.2) is 17.4 Å². The Balaban J connectivity index is 2.49. The van der Waals surface area contributed by atoms with Crippen LogP contribution in [0.3, 0.4) is 0 Å². The van der Waals surface area contributed by atoms with E-state index in [1.165, 1.54) is 20.2 Å². The molecule has 24 heavy (non-hydrogen) atoms. The van der Waals surface area contributed by atoms with E-state index < -0.39 is 24.1 Å². The topological polar surface area (TPSA) is 95.3 Å². The number of hydrogen-bond acceptors (Lipinski definition) is 6. The van der Waals surface area contributed by atoms with Crippen molar-refractivity contribution in [2.45, 2.75) is 38.9 Å². The zero-order valence-electron chi connectivity index (χ0n) is 14.9. The second-order valence-electron chi connectivity index (χ2n) is 6.73. The maximum Gasteiger partial charge on any atom is 0.494 e. The fraction of sp³-hybridized carbons (Fsp3) is 0.533. The third-order valence-electron chi connectivity index (χ3n) is 4.34. The minimum absolute atomic E-state index is 0.0154. The monoisotopic (exact) mass is 338 g/mol. The Bertz CT molecular complexity index is 648. The van der Waals surface area contributed by atoms with Crippen LogP contribution in [-0.4, -0.2) is 43.4 Å². The summed E-state index contributed by atoms with van der Waals surface area (Å²) in [5.74, 6) is 4.89. The number of benzene rings is 1. The summed E-state index contributed by atoms with van der Waals surface area (Å²) in [6, 6.07) is 2.94. The first kappa shape index (κ1) is 18.5. The zero-order chi connectivity index (χ0) is 18.3. The molecule has 0 aliphatic carbocycles. The molecule has 9 heteroatoms. The van der Waals surface area contributed by atoms with Crippen molar-refractivity contribution in [2.75, 3.05) is 14.2 Å². The Labute approximate surface area is 141 Å². The molecule has 7 nitrogen and oxygen atoms in total. The smallest absolute Gasteiger partial charge is 0.493 e.